The fraction of sp³-hybridized carbons (Fsp3) is 0.345. The summed E-state index contributed by atoms with van der Waals surface area (Å²) >= 11 is 0. The van der Waals surface area contributed by atoms with E-state index in [1.807, 2.05) is 37.3 Å². The second-order valence-electron chi connectivity index (χ2n) is 9.20. The fourth-order valence-corrected chi connectivity index (χ4v) is 4.82. The number of rotatable bonds is 10. The normalized spacial score (nSPS) is 17.7. The molecule has 35 heavy (non-hydrogen) atoms. The van der Waals surface area contributed by atoms with Crippen LogP contribution in [0.2, 0.25) is 0 Å². The molecule has 0 bridgehead atoms. The van der Waals surface area contributed by atoms with Gasteiger partial charge in [0, 0.05) is 30.0 Å². The van der Waals surface area contributed by atoms with Crippen molar-refractivity contribution in [1.29, 1.82) is 0 Å². The second kappa shape index (κ2) is 10.0. The maximum atomic E-state index is 11.1. The van der Waals surface area contributed by atoms with Gasteiger partial charge in [0.15, 0.2) is 0 Å². The molecule has 1 unspecified atom stereocenters. The van der Waals surface area contributed by atoms with E-state index in [0.29, 0.717) is 33.0 Å². The molecule has 1 heterocycles. The number of anilines is 1. The van der Waals surface area contributed by atoms with E-state index < -0.39 is 5.97 Å². The van der Waals surface area contributed by atoms with Gasteiger partial charge in [-0.2, -0.15) is 0 Å². The van der Waals surface area contributed by atoms with Crippen molar-refractivity contribution in [2.24, 2.45) is 5.92 Å². The van der Waals surface area contributed by atoms with Gasteiger partial charge in [0.2, 0.25) is 0 Å². The van der Waals surface area contributed by atoms with E-state index in [2.05, 4.69) is 36.5 Å². The number of hydrogen-bond acceptors (Lipinski definition) is 5. The lowest BCUT2D eigenvalue weighted by atomic mass is 9.91. The first-order valence-electron chi connectivity index (χ1n) is 12.2. The molecule has 6 heteroatoms. The van der Waals surface area contributed by atoms with Gasteiger partial charge in [0.25, 0.3) is 0 Å². The Bertz CT molecular complexity index is 1220. The Morgan fingerprint density at radius 2 is 1.94 bits per heavy atom. The van der Waals surface area contributed by atoms with Crippen molar-refractivity contribution >= 4 is 11.7 Å². The zero-order chi connectivity index (χ0) is 24.4. The van der Waals surface area contributed by atoms with Crippen LogP contribution in [0, 0.1) is 12.8 Å². The van der Waals surface area contributed by atoms with Gasteiger partial charge in [0.1, 0.15) is 24.7 Å². The van der Waals surface area contributed by atoms with Crippen molar-refractivity contribution in [2.45, 2.75) is 39.3 Å². The van der Waals surface area contributed by atoms with E-state index in [4.69, 9.17) is 19.3 Å². The summed E-state index contributed by atoms with van der Waals surface area (Å²) in [5.41, 5.74) is 7.89. The third kappa shape index (κ3) is 5.13. The number of ether oxygens (including phenoxy) is 3. The fourth-order valence-electron chi connectivity index (χ4n) is 4.82. The quantitative estimate of drug-likeness (QED) is 0.364. The molecule has 2 atom stereocenters. The van der Waals surface area contributed by atoms with Crippen LogP contribution in [0.3, 0.4) is 0 Å². The topological polar surface area (TPSA) is 77.0 Å². The number of carboxylic acid groups (broad SMARTS) is 1. The predicted octanol–water partition coefficient (Wildman–Crippen LogP) is 5.77. The lowest BCUT2D eigenvalue weighted by Crippen LogP contribution is -2.10. The highest BCUT2D eigenvalue weighted by Crippen LogP contribution is 2.47. The van der Waals surface area contributed by atoms with Crippen LogP contribution in [0.1, 0.15) is 41.5 Å². The molecule has 0 amide bonds. The molecular weight excluding hydrogens is 442 g/mol. The molecule has 0 radical (unpaired) electrons. The van der Waals surface area contributed by atoms with E-state index in [1.54, 1.807) is 0 Å². The number of hydrogen-bond donors (Lipinski definition) is 2. The average molecular weight is 474 g/mol. The van der Waals surface area contributed by atoms with Gasteiger partial charge < -0.3 is 24.6 Å². The van der Waals surface area contributed by atoms with E-state index in [-0.39, 0.29) is 11.8 Å². The summed E-state index contributed by atoms with van der Waals surface area (Å²) in [4.78, 5) is 11.1. The molecule has 6 nitrogen and oxygen atoms in total. The number of aliphatic carboxylic acids is 1. The van der Waals surface area contributed by atoms with Crippen molar-refractivity contribution in [1.82, 2.24) is 0 Å². The molecule has 1 saturated carbocycles. The standard InChI is InChI=1S/C29H31NO5/c1-3-33-10-11-34-23-12-18(2)28-21(14-23)17-35-27-9-4-19(13-26(27)28)16-30-22-7-5-20(6-8-22)24-15-25(24)29(31)32/h4-9,12-14,24-25,30H,3,10-11,15-17H2,1-2H3,(H,31,32)/t24-,25?/m1/s1. The van der Waals surface area contributed by atoms with Crippen LogP contribution >= 0.6 is 0 Å². The maximum Gasteiger partial charge on any atom is 0.307 e. The minimum atomic E-state index is -0.698. The Kier molecular flexibility index (Phi) is 6.64. The Labute approximate surface area is 205 Å². The Balaban J connectivity index is 1.27. The van der Waals surface area contributed by atoms with Crippen molar-refractivity contribution in [3.05, 3.63) is 76.9 Å². The van der Waals surface area contributed by atoms with Crippen molar-refractivity contribution in [2.75, 3.05) is 25.1 Å². The van der Waals surface area contributed by atoms with Gasteiger partial charge in [-0.15, -0.1) is 0 Å². The highest BCUT2D eigenvalue weighted by atomic mass is 16.5. The molecule has 1 fully saturated rings. The van der Waals surface area contributed by atoms with Gasteiger partial charge in [0.05, 0.1) is 12.5 Å². The molecular formula is C29H31NO5. The van der Waals surface area contributed by atoms with E-state index in [0.717, 1.165) is 45.9 Å². The number of carboxylic acids is 1. The second-order valence-corrected chi connectivity index (χ2v) is 9.20. The third-order valence-electron chi connectivity index (χ3n) is 6.73. The van der Waals surface area contributed by atoms with Crippen LogP contribution in [-0.4, -0.2) is 30.9 Å². The molecule has 1 aliphatic carbocycles. The highest BCUT2D eigenvalue weighted by Gasteiger charge is 2.44. The first kappa shape index (κ1) is 23.2. The first-order chi connectivity index (χ1) is 17.0. The molecule has 5 rings (SSSR count). The monoisotopic (exact) mass is 473 g/mol. The highest BCUT2D eigenvalue weighted by molar-refractivity contribution is 5.79. The first-order valence-corrected chi connectivity index (χ1v) is 12.2. The molecule has 0 aromatic heterocycles. The van der Waals surface area contributed by atoms with Crippen molar-refractivity contribution < 1.29 is 24.1 Å². The Hall–Kier alpha value is -3.51. The van der Waals surface area contributed by atoms with E-state index in [1.165, 1.54) is 11.1 Å². The zero-order valence-corrected chi connectivity index (χ0v) is 20.2. The van der Waals surface area contributed by atoms with E-state index in [9.17, 15) is 4.79 Å². The van der Waals surface area contributed by atoms with E-state index >= 15 is 0 Å². The largest absolute Gasteiger partial charge is 0.491 e. The van der Waals surface area contributed by atoms with Crippen LogP contribution in [0.5, 0.6) is 11.5 Å². The van der Waals surface area contributed by atoms with Crippen LogP contribution in [0.4, 0.5) is 5.69 Å². The summed E-state index contributed by atoms with van der Waals surface area (Å²) in [5.74, 6) is 0.971. The average Bonchev–Trinajstić information content (AvgIpc) is 3.67. The van der Waals surface area contributed by atoms with Gasteiger partial charge in [-0.25, -0.2) is 0 Å². The Morgan fingerprint density at radius 3 is 2.69 bits per heavy atom. The zero-order valence-electron chi connectivity index (χ0n) is 20.2. The van der Waals surface area contributed by atoms with Gasteiger partial charge in [-0.05, 0) is 84.8 Å². The van der Waals surface area contributed by atoms with Crippen molar-refractivity contribution in [3.8, 4) is 22.6 Å². The predicted molar refractivity (Wildman–Crippen MR) is 135 cm³/mol. The SMILES string of the molecule is CCOCCOc1cc(C)c2c(c1)COc1ccc(CNc3ccc([C@H]4CC4C(=O)O)cc3)cc1-2. The molecule has 3 aromatic carbocycles. The molecule has 2 N–H and O–H groups in total. The number of nitrogens with one attached hydrogen (secondary N) is 1. The van der Waals surface area contributed by atoms with Crippen LogP contribution in [0.25, 0.3) is 11.1 Å². The third-order valence-corrected chi connectivity index (χ3v) is 6.73. The smallest absolute Gasteiger partial charge is 0.307 e. The number of aryl methyl sites for hydroxylation is 1. The minimum Gasteiger partial charge on any atom is -0.491 e. The summed E-state index contributed by atoms with van der Waals surface area (Å²) in [7, 11) is 0. The number of fused-ring (bicyclic) bond motifs is 3. The Morgan fingerprint density at radius 1 is 1.11 bits per heavy atom. The summed E-state index contributed by atoms with van der Waals surface area (Å²) < 4.78 is 17.3. The maximum absolute atomic E-state index is 11.1. The van der Waals surface area contributed by atoms with Crippen LogP contribution < -0.4 is 14.8 Å². The molecule has 3 aromatic rings. The lowest BCUT2D eigenvalue weighted by molar-refractivity contribution is -0.138. The minimum absolute atomic E-state index is 0.154. The molecule has 0 saturated heterocycles. The summed E-state index contributed by atoms with van der Waals surface area (Å²) in [6, 6.07) is 18.6. The summed E-state index contributed by atoms with van der Waals surface area (Å²) in [6.07, 6.45) is 0.737. The molecule has 2 aliphatic rings. The van der Waals surface area contributed by atoms with Crippen LogP contribution in [-0.2, 0) is 22.7 Å². The van der Waals surface area contributed by atoms with Crippen LogP contribution in [0.15, 0.2) is 54.6 Å². The van der Waals surface area contributed by atoms with Crippen molar-refractivity contribution in [3.63, 3.8) is 0 Å². The summed E-state index contributed by atoms with van der Waals surface area (Å²) in [6.45, 7) is 7.10. The molecule has 0 spiro atoms. The number of carbonyl (C=O) groups is 1. The lowest BCUT2D eigenvalue weighted by Gasteiger charge is -2.24. The van der Waals surface area contributed by atoms with Gasteiger partial charge in [-0.1, -0.05) is 18.2 Å². The number of benzene rings is 3. The molecule has 1 aliphatic heterocycles. The van der Waals surface area contributed by atoms with Gasteiger partial charge in [-0.3, -0.25) is 4.79 Å². The summed E-state index contributed by atoms with van der Waals surface area (Å²) in [5, 5.41) is 12.6. The van der Waals surface area contributed by atoms with Gasteiger partial charge >= 0.3 is 5.97 Å². The molecule has 182 valence electrons.